The zero-order valence-corrected chi connectivity index (χ0v) is 29.5. The van der Waals surface area contributed by atoms with Crippen molar-refractivity contribution in [1.29, 1.82) is 0 Å². The fourth-order valence-electron chi connectivity index (χ4n) is 6.79. The van der Waals surface area contributed by atoms with E-state index >= 15 is 0 Å². The molecule has 1 N–H and O–H groups in total. The van der Waals surface area contributed by atoms with E-state index in [1.165, 1.54) is 22.5 Å². The lowest BCUT2D eigenvalue weighted by atomic mass is 9.71. The number of hydrogen-bond donors (Lipinski definition) is 1. The summed E-state index contributed by atoms with van der Waals surface area (Å²) in [7, 11) is -1.23. The van der Waals surface area contributed by atoms with Crippen LogP contribution in [-0.2, 0) is 26.0 Å². The van der Waals surface area contributed by atoms with Gasteiger partial charge in [0.1, 0.15) is 17.9 Å². The second kappa shape index (κ2) is 16.1. The summed E-state index contributed by atoms with van der Waals surface area (Å²) in [6, 6.07) is 17.0. The van der Waals surface area contributed by atoms with Crippen molar-refractivity contribution < 1.29 is 37.3 Å². The molecule has 0 bridgehead atoms. The fraction of sp³-hybridized carbons (Fsp3) is 0.457. The van der Waals surface area contributed by atoms with Crippen LogP contribution >= 0.6 is 23.2 Å². The molecule has 2 atom stereocenters. The molecule has 2 aliphatic heterocycles. The molecule has 2 saturated heterocycles. The van der Waals surface area contributed by atoms with Gasteiger partial charge >= 0.3 is 5.97 Å². The van der Waals surface area contributed by atoms with Gasteiger partial charge in [0, 0.05) is 42.1 Å². The molecule has 0 spiro atoms. The first-order chi connectivity index (χ1) is 23.1. The van der Waals surface area contributed by atoms with Crippen molar-refractivity contribution in [1.82, 2.24) is 9.21 Å². The van der Waals surface area contributed by atoms with Crippen molar-refractivity contribution in [2.45, 2.75) is 48.5 Å². The van der Waals surface area contributed by atoms with E-state index in [-0.39, 0.29) is 27.9 Å². The molecule has 2 aliphatic rings. The summed E-state index contributed by atoms with van der Waals surface area (Å²) in [5, 5.41) is 11.5. The number of morpholine rings is 1. The minimum Gasteiger partial charge on any atom is -0.493 e. The summed E-state index contributed by atoms with van der Waals surface area (Å²) >= 11 is 12.5. The standard InChI is InChI=1S/C35H42Cl2N2O8S/c1-44-32-11-9-25(20-33(32)45-2)8-10-31(26-6-5-7-29(21-26)47-19-16-38-14-17-46-18-15-38)35(34(40)41)12-3-4-13-39(35)48(42,43)30-23-27(36)22-28(37)24-30/h5-7,9,11,20-24,31H,3-4,8,10,12-19H2,1-2H3,(H,40,41)/t31-,35?/m1/s1. The lowest BCUT2D eigenvalue weighted by molar-refractivity contribution is -0.152. The first-order valence-electron chi connectivity index (χ1n) is 16.0. The molecule has 0 aromatic heterocycles. The van der Waals surface area contributed by atoms with Crippen LogP contribution in [-0.4, -0.2) is 94.5 Å². The van der Waals surface area contributed by atoms with Gasteiger partial charge in [-0.3, -0.25) is 9.69 Å². The van der Waals surface area contributed by atoms with Gasteiger partial charge in [0.15, 0.2) is 11.5 Å². The molecule has 2 heterocycles. The number of piperidine rings is 1. The van der Waals surface area contributed by atoms with Crippen molar-refractivity contribution in [3.63, 3.8) is 0 Å². The van der Waals surface area contributed by atoms with Gasteiger partial charge in [-0.25, -0.2) is 8.42 Å². The zero-order chi connectivity index (χ0) is 34.3. The number of hydrogen-bond acceptors (Lipinski definition) is 8. The third-order valence-corrected chi connectivity index (χ3v) is 11.6. The van der Waals surface area contributed by atoms with E-state index in [2.05, 4.69) is 4.90 Å². The van der Waals surface area contributed by atoms with Crippen LogP contribution in [0.5, 0.6) is 17.2 Å². The van der Waals surface area contributed by atoms with Crippen molar-refractivity contribution >= 4 is 39.2 Å². The van der Waals surface area contributed by atoms with Crippen molar-refractivity contribution in [2.24, 2.45) is 0 Å². The predicted octanol–water partition coefficient (Wildman–Crippen LogP) is 6.14. The average Bonchev–Trinajstić information content (AvgIpc) is 3.08. The Hall–Kier alpha value is -3.06. The van der Waals surface area contributed by atoms with Gasteiger partial charge in [-0.2, -0.15) is 4.31 Å². The highest BCUT2D eigenvalue weighted by Gasteiger charge is 2.56. The summed E-state index contributed by atoms with van der Waals surface area (Å²) in [5.74, 6) is -0.254. The molecule has 3 aromatic rings. The van der Waals surface area contributed by atoms with Crippen LogP contribution in [0.4, 0.5) is 0 Å². The Labute approximate surface area is 292 Å². The van der Waals surface area contributed by atoms with Crippen LogP contribution in [0.2, 0.25) is 10.0 Å². The third kappa shape index (κ3) is 8.04. The lowest BCUT2D eigenvalue weighted by Gasteiger charge is -2.48. The van der Waals surface area contributed by atoms with E-state index in [0.717, 1.165) is 25.2 Å². The van der Waals surface area contributed by atoms with Crippen LogP contribution in [0, 0.1) is 0 Å². The minimum atomic E-state index is -4.35. The number of carboxylic acid groups (broad SMARTS) is 1. The largest absolute Gasteiger partial charge is 0.493 e. The quantitative estimate of drug-likeness (QED) is 0.210. The summed E-state index contributed by atoms with van der Waals surface area (Å²) in [4.78, 5) is 15.8. The number of aryl methyl sites for hydroxylation is 1. The number of sulfonamides is 1. The highest BCUT2D eigenvalue weighted by molar-refractivity contribution is 7.89. The third-order valence-electron chi connectivity index (χ3n) is 9.20. The molecule has 48 heavy (non-hydrogen) atoms. The van der Waals surface area contributed by atoms with Gasteiger partial charge in [0.25, 0.3) is 0 Å². The first kappa shape index (κ1) is 36.2. The Kier molecular flexibility index (Phi) is 12.2. The van der Waals surface area contributed by atoms with E-state index in [1.807, 2.05) is 36.4 Å². The van der Waals surface area contributed by atoms with Gasteiger partial charge in [0.2, 0.25) is 10.0 Å². The fourth-order valence-corrected chi connectivity index (χ4v) is 9.35. The predicted molar refractivity (Wildman–Crippen MR) is 184 cm³/mol. The number of ether oxygens (including phenoxy) is 4. The molecule has 2 fully saturated rings. The number of benzene rings is 3. The summed E-state index contributed by atoms with van der Waals surface area (Å²) in [6.07, 6.45) is 1.93. The SMILES string of the molecule is COc1ccc(CC[C@H](c2cccc(OCCN3CCOCC3)c2)C2(C(=O)O)CCCCN2S(=O)(=O)c2cc(Cl)cc(Cl)c2)cc1OC. The van der Waals surface area contributed by atoms with Gasteiger partial charge in [0.05, 0.1) is 32.3 Å². The van der Waals surface area contributed by atoms with E-state index in [0.29, 0.717) is 68.3 Å². The maximum atomic E-state index is 14.4. The maximum Gasteiger partial charge on any atom is 0.325 e. The Morgan fingerprint density at radius 1 is 0.958 bits per heavy atom. The molecular formula is C35H42Cl2N2O8S. The van der Waals surface area contributed by atoms with Gasteiger partial charge in [-0.05, 0) is 85.7 Å². The summed E-state index contributed by atoms with van der Waals surface area (Å²) in [6.45, 7) is 4.26. The zero-order valence-electron chi connectivity index (χ0n) is 27.2. The molecule has 10 nitrogen and oxygen atoms in total. The molecule has 0 radical (unpaired) electrons. The van der Waals surface area contributed by atoms with Crippen LogP contribution in [0.3, 0.4) is 0 Å². The van der Waals surface area contributed by atoms with Crippen molar-refractivity contribution in [3.8, 4) is 17.2 Å². The van der Waals surface area contributed by atoms with E-state index in [9.17, 15) is 18.3 Å². The van der Waals surface area contributed by atoms with E-state index in [1.54, 1.807) is 20.3 Å². The topological polar surface area (TPSA) is 115 Å². The van der Waals surface area contributed by atoms with Gasteiger partial charge < -0.3 is 24.1 Å². The second-order valence-corrected chi connectivity index (χ2v) is 14.8. The van der Waals surface area contributed by atoms with Crippen LogP contribution in [0.1, 0.15) is 42.7 Å². The molecule has 3 aromatic carbocycles. The Morgan fingerprint density at radius 2 is 1.69 bits per heavy atom. The Morgan fingerprint density at radius 3 is 2.38 bits per heavy atom. The second-order valence-electron chi connectivity index (χ2n) is 12.0. The van der Waals surface area contributed by atoms with E-state index in [4.69, 9.17) is 42.1 Å². The monoisotopic (exact) mass is 720 g/mol. The Balaban J connectivity index is 1.55. The highest BCUT2D eigenvalue weighted by atomic mass is 35.5. The highest BCUT2D eigenvalue weighted by Crippen LogP contribution is 2.47. The normalized spacial score (nSPS) is 19.8. The Bertz CT molecular complexity index is 1660. The van der Waals surface area contributed by atoms with Crippen LogP contribution in [0.25, 0.3) is 0 Å². The van der Waals surface area contributed by atoms with Crippen LogP contribution in [0.15, 0.2) is 65.6 Å². The molecule has 5 rings (SSSR count). The van der Waals surface area contributed by atoms with Gasteiger partial charge in [-0.1, -0.05) is 41.4 Å². The van der Waals surface area contributed by atoms with E-state index < -0.39 is 27.4 Å². The number of carboxylic acids is 1. The molecule has 0 aliphatic carbocycles. The molecular weight excluding hydrogens is 679 g/mol. The van der Waals surface area contributed by atoms with Crippen LogP contribution < -0.4 is 14.2 Å². The first-order valence-corrected chi connectivity index (χ1v) is 18.2. The number of halogens is 2. The maximum absolute atomic E-state index is 14.4. The molecule has 260 valence electrons. The number of carbonyl (C=O) groups is 1. The molecule has 13 heteroatoms. The number of aliphatic carboxylic acids is 1. The molecule has 1 unspecified atom stereocenters. The molecule has 0 amide bonds. The number of methoxy groups -OCH3 is 2. The summed E-state index contributed by atoms with van der Waals surface area (Å²) < 4.78 is 52.5. The number of rotatable bonds is 14. The minimum absolute atomic E-state index is 0.0291. The van der Waals surface area contributed by atoms with Gasteiger partial charge in [-0.15, -0.1) is 0 Å². The van der Waals surface area contributed by atoms with Crippen molar-refractivity contribution in [2.75, 3.05) is 60.2 Å². The average molecular weight is 722 g/mol. The number of nitrogens with zero attached hydrogens (tertiary/aromatic N) is 2. The van der Waals surface area contributed by atoms with Crippen molar-refractivity contribution in [3.05, 3.63) is 81.8 Å². The molecule has 0 saturated carbocycles. The summed E-state index contributed by atoms with van der Waals surface area (Å²) in [5.41, 5.74) is -0.245. The lowest BCUT2D eigenvalue weighted by Crippen LogP contribution is -2.62. The smallest absolute Gasteiger partial charge is 0.325 e.